The summed E-state index contributed by atoms with van der Waals surface area (Å²) < 4.78 is 5.32. The lowest BCUT2D eigenvalue weighted by molar-refractivity contribution is -0.132. The van der Waals surface area contributed by atoms with E-state index in [1.807, 2.05) is 24.3 Å². The van der Waals surface area contributed by atoms with Gasteiger partial charge in [0.2, 0.25) is 5.91 Å². The van der Waals surface area contributed by atoms with Crippen molar-refractivity contribution in [2.24, 2.45) is 0 Å². The molecule has 0 bridgehead atoms. The first kappa shape index (κ1) is 14.5. The Balaban J connectivity index is 2.23. The number of hydrogen-bond donors (Lipinski definition) is 1. The number of carboxylic acid groups (broad SMARTS) is 1. The average Bonchev–Trinajstić information content (AvgIpc) is 2.93. The fourth-order valence-electron chi connectivity index (χ4n) is 2.06. The molecule has 1 aromatic carbocycles. The number of benzene rings is 1. The molecule has 20 heavy (non-hydrogen) atoms. The molecule has 1 aliphatic heterocycles. The zero-order valence-electron chi connectivity index (χ0n) is 11.0. The molecule has 0 radical (unpaired) electrons. The lowest BCUT2D eigenvalue weighted by Gasteiger charge is -2.24. The van der Waals surface area contributed by atoms with Gasteiger partial charge in [0.25, 0.3) is 0 Å². The van der Waals surface area contributed by atoms with Gasteiger partial charge >= 0.3 is 5.97 Å². The number of carboxylic acids is 1. The Morgan fingerprint density at radius 1 is 1.40 bits per heavy atom. The van der Waals surface area contributed by atoms with Crippen LogP contribution in [0.15, 0.2) is 36.4 Å². The van der Waals surface area contributed by atoms with E-state index in [-0.39, 0.29) is 11.3 Å². The first-order valence-corrected chi connectivity index (χ1v) is 7.14. The van der Waals surface area contributed by atoms with Gasteiger partial charge in [-0.05, 0) is 6.07 Å². The van der Waals surface area contributed by atoms with E-state index < -0.39 is 5.97 Å². The number of aliphatic carboxylic acids is 1. The van der Waals surface area contributed by atoms with E-state index in [4.69, 9.17) is 9.84 Å². The zero-order chi connectivity index (χ0) is 14.5. The summed E-state index contributed by atoms with van der Waals surface area (Å²) in [6.45, 7) is 0.593. The van der Waals surface area contributed by atoms with Crippen molar-refractivity contribution >= 4 is 23.6 Å². The first-order valence-electron chi connectivity index (χ1n) is 6.09. The summed E-state index contributed by atoms with van der Waals surface area (Å²) in [4.78, 5) is 24.2. The van der Waals surface area contributed by atoms with Crippen LogP contribution in [0.4, 0.5) is 0 Å². The summed E-state index contributed by atoms with van der Waals surface area (Å²) >= 11 is 1.64. The summed E-state index contributed by atoms with van der Waals surface area (Å²) in [6.07, 6.45) is 1.96. The largest absolute Gasteiger partial charge is 0.496 e. The number of amides is 1. The lowest BCUT2D eigenvalue weighted by atomic mass is 10.2. The average molecular weight is 293 g/mol. The van der Waals surface area contributed by atoms with E-state index in [0.717, 1.165) is 29.2 Å². The molecule has 1 saturated heterocycles. The maximum absolute atomic E-state index is 12.1. The van der Waals surface area contributed by atoms with E-state index in [9.17, 15) is 9.59 Å². The van der Waals surface area contributed by atoms with Crippen LogP contribution in [0.1, 0.15) is 10.9 Å². The smallest absolute Gasteiger partial charge is 0.328 e. The number of nitrogens with zero attached hydrogens (tertiary/aromatic N) is 1. The molecule has 6 heteroatoms. The highest BCUT2D eigenvalue weighted by Crippen LogP contribution is 2.41. The molecule has 1 amide bonds. The quantitative estimate of drug-likeness (QED) is 0.859. The Hall–Kier alpha value is -1.95. The molecular formula is C14H15NO4S. The van der Waals surface area contributed by atoms with Crippen LogP contribution in [0.2, 0.25) is 0 Å². The summed E-state index contributed by atoms with van der Waals surface area (Å²) in [5, 5.41) is 8.45. The van der Waals surface area contributed by atoms with Gasteiger partial charge in [-0.25, -0.2) is 4.79 Å². The number of hydrogen-bond acceptors (Lipinski definition) is 4. The topological polar surface area (TPSA) is 66.8 Å². The molecule has 0 saturated carbocycles. The van der Waals surface area contributed by atoms with Crippen molar-refractivity contribution in [1.29, 1.82) is 0 Å². The molecular weight excluding hydrogens is 278 g/mol. The van der Waals surface area contributed by atoms with Crippen LogP contribution in [0.5, 0.6) is 5.75 Å². The minimum atomic E-state index is -1.13. The summed E-state index contributed by atoms with van der Waals surface area (Å²) in [5.74, 6) is 0.120. The highest BCUT2D eigenvalue weighted by atomic mass is 32.2. The standard InChI is InChI=1S/C14H15NO4S/c1-19-11-5-3-2-4-10(11)14-15(8-9-20-14)12(16)6-7-13(17)18/h2-7,14H,8-9H2,1H3,(H,17,18)/b7-6-. The van der Waals surface area contributed by atoms with Gasteiger partial charge in [-0.1, -0.05) is 18.2 Å². The Bertz CT molecular complexity index is 544. The van der Waals surface area contributed by atoms with Gasteiger partial charge in [0.15, 0.2) is 0 Å². The minimum Gasteiger partial charge on any atom is -0.496 e. The highest BCUT2D eigenvalue weighted by Gasteiger charge is 2.31. The molecule has 1 aliphatic rings. The Morgan fingerprint density at radius 3 is 2.85 bits per heavy atom. The van der Waals surface area contributed by atoms with Crippen LogP contribution < -0.4 is 4.74 Å². The maximum atomic E-state index is 12.1. The van der Waals surface area contributed by atoms with Gasteiger partial charge in [-0.15, -0.1) is 11.8 Å². The third-order valence-electron chi connectivity index (χ3n) is 2.95. The summed E-state index contributed by atoms with van der Waals surface area (Å²) in [5.41, 5.74) is 0.926. The van der Waals surface area contributed by atoms with Crippen LogP contribution in [-0.2, 0) is 9.59 Å². The third kappa shape index (κ3) is 3.14. The number of carbonyl (C=O) groups is 2. The van der Waals surface area contributed by atoms with Crippen molar-refractivity contribution in [2.45, 2.75) is 5.37 Å². The number of para-hydroxylation sites is 1. The molecule has 0 aromatic heterocycles. The van der Waals surface area contributed by atoms with Crippen LogP contribution in [0.25, 0.3) is 0 Å². The van der Waals surface area contributed by atoms with Crippen molar-refractivity contribution in [3.8, 4) is 5.75 Å². The molecule has 1 unspecified atom stereocenters. The predicted octanol–water partition coefficient (Wildman–Crippen LogP) is 1.91. The van der Waals surface area contributed by atoms with Gasteiger partial charge < -0.3 is 14.7 Å². The second-order valence-electron chi connectivity index (χ2n) is 4.17. The number of thioether (sulfide) groups is 1. The fraction of sp³-hybridized carbons (Fsp3) is 0.286. The monoisotopic (exact) mass is 293 g/mol. The second kappa shape index (κ2) is 6.47. The summed E-state index contributed by atoms with van der Waals surface area (Å²) in [7, 11) is 1.59. The molecule has 0 spiro atoms. The van der Waals surface area contributed by atoms with Crippen LogP contribution in [-0.4, -0.2) is 41.3 Å². The third-order valence-corrected chi connectivity index (χ3v) is 4.19. The zero-order valence-corrected chi connectivity index (χ0v) is 11.8. The normalized spacial score (nSPS) is 18.4. The molecule has 1 fully saturated rings. The van der Waals surface area contributed by atoms with Crippen LogP contribution in [0, 0.1) is 0 Å². The van der Waals surface area contributed by atoms with Crippen LogP contribution in [0.3, 0.4) is 0 Å². The van der Waals surface area contributed by atoms with Gasteiger partial charge in [0.05, 0.1) is 7.11 Å². The lowest BCUT2D eigenvalue weighted by Crippen LogP contribution is -2.29. The highest BCUT2D eigenvalue weighted by molar-refractivity contribution is 7.99. The number of methoxy groups -OCH3 is 1. The minimum absolute atomic E-state index is 0.142. The van der Waals surface area contributed by atoms with E-state index >= 15 is 0 Å². The summed E-state index contributed by atoms with van der Waals surface area (Å²) in [6, 6.07) is 7.54. The molecule has 0 aliphatic carbocycles. The molecule has 1 N–H and O–H groups in total. The van der Waals surface area contributed by atoms with E-state index in [0.29, 0.717) is 6.54 Å². The molecule has 5 nitrogen and oxygen atoms in total. The number of rotatable bonds is 4. The Kier molecular flexibility index (Phi) is 4.68. The van der Waals surface area contributed by atoms with Crippen molar-refractivity contribution in [3.05, 3.63) is 42.0 Å². The van der Waals surface area contributed by atoms with E-state index in [1.54, 1.807) is 23.8 Å². The van der Waals surface area contributed by atoms with Gasteiger partial charge in [0.1, 0.15) is 11.1 Å². The van der Waals surface area contributed by atoms with Gasteiger partial charge in [0, 0.05) is 30.0 Å². The van der Waals surface area contributed by atoms with Crippen molar-refractivity contribution < 1.29 is 19.4 Å². The van der Waals surface area contributed by atoms with Crippen molar-refractivity contribution in [2.75, 3.05) is 19.4 Å². The van der Waals surface area contributed by atoms with E-state index in [2.05, 4.69) is 0 Å². The van der Waals surface area contributed by atoms with Crippen molar-refractivity contribution in [3.63, 3.8) is 0 Å². The van der Waals surface area contributed by atoms with Crippen molar-refractivity contribution in [1.82, 2.24) is 4.90 Å². The van der Waals surface area contributed by atoms with Crippen LogP contribution >= 0.6 is 11.8 Å². The maximum Gasteiger partial charge on any atom is 0.328 e. The van der Waals surface area contributed by atoms with E-state index in [1.165, 1.54) is 0 Å². The van der Waals surface area contributed by atoms with Gasteiger partial charge in [-0.3, -0.25) is 4.79 Å². The SMILES string of the molecule is COc1ccccc1C1SCCN1C(=O)/C=C\C(=O)O. The molecule has 106 valence electrons. The van der Waals surface area contributed by atoms with Gasteiger partial charge in [-0.2, -0.15) is 0 Å². The number of ether oxygens (including phenoxy) is 1. The predicted molar refractivity (Wildman–Crippen MR) is 76.7 cm³/mol. The molecule has 1 aromatic rings. The molecule has 2 rings (SSSR count). The number of carbonyl (C=O) groups excluding carboxylic acids is 1. The second-order valence-corrected chi connectivity index (χ2v) is 5.36. The molecule has 1 atom stereocenters. The first-order chi connectivity index (χ1) is 9.63. The Labute approximate surface area is 121 Å². The molecule has 1 heterocycles. The Morgan fingerprint density at radius 2 is 2.15 bits per heavy atom. The fourth-order valence-corrected chi connectivity index (χ4v) is 3.35.